The summed E-state index contributed by atoms with van der Waals surface area (Å²) in [6.07, 6.45) is 16.1. The van der Waals surface area contributed by atoms with Gasteiger partial charge in [-0.25, -0.2) is 9.78 Å². The number of aromatic amines is 1. The first-order valence-corrected chi connectivity index (χ1v) is 14.7. The number of H-pyrrole nitrogens is 1. The van der Waals surface area contributed by atoms with Gasteiger partial charge in [0.05, 0.1) is 0 Å². The molecule has 1 amide bonds. The van der Waals surface area contributed by atoms with E-state index in [1.807, 2.05) is 0 Å². The predicted molar refractivity (Wildman–Crippen MR) is 145 cm³/mol. The monoisotopic (exact) mass is 519 g/mol. The van der Waals surface area contributed by atoms with E-state index in [1.165, 1.54) is 70.8 Å². The molecule has 38 heavy (non-hydrogen) atoms. The van der Waals surface area contributed by atoms with Crippen LogP contribution in [0, 0.1) is 23.2 Å². The summed E-state index contributed by atoms with van der Waals surface area (Å²) in [7, 11) is 0. The highest BCUT2D eigenvalue weighted by Crippen LogP contribution is 2.61. The van der Waals surface area contributed by atoms with Gasteiger partial charge in [0.25, 0.3) is 5.91 Å². The summed E-state index contributed by atoms with van der Waals surface area (Å²) < 4.78 is 0. The molecular weight excluding hydrogens is 478 g/mol. The largest absolute Gasteiger partial charge is 0.479 e. The number of aromatic nitrogens is 2. The van der Waals surface area contributed by atoms with Crippen molar-refractivity contribution < 1.29 is 19.8 Å². The number of carbonyl (C=O) groups excluding carboxylic acids is 1. The van der Waals surface area contributed by atoms with Crippen molar-refractivity contribution in [2.45, 2.75) is 102 Å². The molecule has 4 N–H and O–H groups in total. The Morgan fingerprint density at radius 2 is 1.74 bits per heavy atom. The zero-order valence-corrected chi connectivity index (χ0v) is 22.5. The number of anilines is 1. The van der Waals surface area contributed by atoms with Crippen molar-refractivity contribution in [1.82, 2.24) is 9.97 Å². The molecule has 1 unspecified atom stereocenters. The Morgan fingerprint density at radius 1 is 1.08 bits per heavy atom. The second-order valence-electron chi connectivity index (χ2n) is 13.1. The Hall–Kier alpha value is -2.67. The highest BCUT2D eigenvalue weighted by atomic mass is 16.4. The van der Waals surface area contributed by atoms with E-state index >= 15 is 0 Å². The molecule has 5 saturated carbocycles. The van der Waals surface area contributed by atoms with Crippen molar-refractivity contribution in [3.8, 4) is 0 Å². The number of hydrogen-bond donors (Lipinski definition) is 4. The number of nitrogens with zero attached hydrogens (tertiary/aromatic N) is 1. The number of hydrogen-bond acceptors (Lipinski definition) is 4. The summed E-state index contributed by atoms with van der Waals surface area (Å²) >= 11 is 0. The minimum absolute atomic E-state index is 0.217. The average molecular weight is 520 g/mol. The number of nitrogens with one attached hydrogen (secondary N) is 2. The molecule has 5 fully saturated rings. The van der Waals surface area contributed by atoms with E-state index in [0.29, 0.717) is 22.7 Å². The van der Waals surface area contributed by atoms with E-state index in [9.17, 15) is 19.8 Å². The van der Waals surface area contributed by atoms with Crippen molar-refractivity contribution in [3.63, 3.8) is 0 Å². The Bertz CT molecular complexity index is 1170. The molecule has 204 valence electrons. The first kappa shape index (κ1) is 25.6. The van der Waals surface area contributed by atoms with Crippen LogP contribution < -0.4 is 5.32 Å². The number of amides is 1. The molecule has 0 aliphatic heterocycles. The van der Waals surface area contributed by atoms with E-state index < -0.39 is 11.6 Å². The van der Waals surface area contributed by atoms with E-state index in [2.05, 4.69) is 10.3 Å². The van der Waals surface area contributed by atoms with Gasteiger partial charge >= 0.3 is 5.97 Å². The maximum absolute atomic E-state index is 13.6. The molecule has 1 aromatic carbocycles. The zero-order chi connectivity index (χ0) is 26.5. The lowest BCUT2D eigenvalue weighted by Gasteiger charge is -2.57. The molecule has 1 heterocycles. The summed E-state index contributed by atoms with van der Waals surface area (Å²) in [6.45, 7) is 1.24. The average Bonchev–Trinajstić information content (AvgIpc) is 3.32. The summed E-state index contributed by atoms with van der Waals surface area (Å²) in [4.78, 5) is 33.6. The number of carboxylic acid groups (broad SMARTS) is 1. The van der Waals surface area contributed by atoms with E-state index in [4.69, 9.17) is 4.98 Å². The second kappa shape index (κ2) is 9.82. The normalized spacial score (nSPS) is 30.2. The third-order valence-corrected chi connectivity index (χ3v) is 10.2. The second-order valence-corrected chi connectivity index (χ2v) is 13.1. The van der Waals surface area contributed by atoms with E-state index in [1.54, 1.807) is 18.2 Å². The van der Waals surface area contributed by atoms with Crippen LogP contribution >= 0.6 is 0 Å². The van der Waals surface area contributed by atoms with Crippen LogP contribution in [0.2, 0.25) is 0 Å². The standard InChI is InChI=1S/C31H41N3O4/c1-30(38,29(36)37)23-8-5-9-24(15-23)32-28(35)26-25(33-27(34-26)22-6-3-2-4-7-22)10-11-31-16-19-12-20(17-31)14-21(13-19)18-31/h5,8-9,15,19-22,38H,2-4,6-7,10-14,16-18H2,1H3,(H,32,35)(H,33,34)(H,36,37). The molecular formula is C31H41N3O4. The lowest BCUT2D eigenvalue weighted by atomic mass is 9.48. The van der Waals surface area contributed by atoms with Crippen LogP contribution in [0.1, 0.15) is 117 Å². The Balaban J connectivity index is 1.24. The number of carbonyl (C=O) groups is 2. The molecule has 2 aromatic rings. The molecule has 5 aliphatic carbocycles. The minimum Gasteiger partial charge on any atom is -0.479 e. The molecule has 5 aliphatic rings. The minimum atomic E-state index is -2.04. The number of aliphatic hydroxyl groups is 1. The van der Waals surface area contributed by atoms with Crippen LogP contribution in [-0.2, 0) is 16.8 Å². The van der Waals surface area contributed by atoms with Crippen LogP contribution in [-0.4, -0.2) is 32.1 Å². The molecule has 0 saturated heterocycles. The number of aliphatic carboxylic acids is 1. The van der Waals surface area contributed by atoms with Gasteiger partial charge in [0.2, 0.25) is 0 Å². The van der Waals surface area contributed by atoms with Crippen molar-refractivity contribution in [2.75, 3.05) is 5.32 Å². The van der Waals surface area contributed by atoms with Crippen molar-refractivity contribution in [1.29, 1.82) is 0 Å². The summed E-state index contributed by atoms with van der Waals surface area (Å²) in [5.74, 6) is 2.40. The first-order chi connectivity index (χ1) is 18.2. The summed E-state index contributed by atoms with van der Waals surface area (Å²) in [6, 6.07) is 6.43. The Kier molecular flexibility index (Phi) is 6.61. The van der Waals surface area contributed by atoms with Crippen molar-refractivity contribution in [3.05, 3.63) is 47.0 Å². The number of benzene rings is 1. The fraction of sp³-hybridized carbons (Fsp3) is 0.645. The zero-order valence-electron chi connectivity index (χ0n) is 22.5. The highest BCUT2D eigenvalue weighted by Gasteiger charge is 2.50. The lowest BCUT2D eigenvalue weighted by molar-refractivity contribution is -0.157. The smallest absolute Gasteiger partial charge is 0.340 e. The maximum Gasteiger partial charge on any atom is 0.340 e. The number of aryl methyl sites for hydroxylation is 1. The van der Waals surface area contributed by atoms with Crippen LogP contribution in [0.3, 0.4) is 0 Å². The lowest BCUT2D eigenvalue weighted by Crippen LogP contribution is -2.46. The van der Waals surface area contributed by atoms with Crippen molar-refractivity contribution in [2.24, 2.45) is 23.2 Å². The number of carboxylic acids is 1. The predicted octanol–water partition coefficient (Wildman–Crippen LogP) is 6.15. The summed E-state index contributed by atoms with van der Waals surface area (Å²) in [5.41, 5.74) is 0.454. The molecule has 7 nitrogen and oxygen atoms in total. The van der Waals surface area contributed by atoms with Gasteiger partial charge in [-0.3, -0.25) is 4.79 Å². The third-order valence-electron chi connectivity index (χ3n) is 10.2. The van der Waals surface area contributed by atoms with Crippen LogP contribution in [0.15, 0.2) is 24.3 Å². The van der Waals surface area contributed by atoms with Gasteiger partial charge in [0.1, 0.15) is 11.5 Å². The van der Waals surface area contributed by atoms with Gasteiger partial charge in [0, 0.05) is 17.3 Å². The molecule has 0 radical (unpaired) electrons. The number of rotatable bonds is 8. The maximum atomic E-state index is 13.6. The molecule has 1 aromatic heterocycles. The van der Waals surface area contributed by atoms with Gasteiger partial charge in [-0.2, -0.15) is 0 Å². The fourth-order valence-electron chi connectivity index (χ4n) is 8.57. The van der Waals surface area contributed by atoms with Gasteiger partial charge in [-0.15, -0.1) is 0 Å². The summed E-state index contributed by atoms with van der Waals surface area (Å²) in [5, 5.41) is 22.7. The number of imidazole rings is 1. The highest BCUT2D eigenvalue weighted by molar-refractivity contribution is 6.03. The molecule has 7 rings (SSSR count). The first-order valence-electron chi connectivity index (χ1n) is 14.7. The van der Waals surface area contributed by atoms with Gasteiger partial charge in [-0.1, -0.05) is 31.4 Å². The molecule has 7 heteroatoms. The third kappa shape index (κ3) is 4.90. The van der Waals surface area contributed by atoms with Crippen LogP contribution in [0.5, 0.6) is 0 Å². The topological polar surface area (TPSA) is 115 Å². The SMILES string of the molecule is CC(O)(C(=O)O)c1cccc(NC(=O)c2nc(C3CCCCC3)[nH]c2CCC23CC4CC(CC(C4)C2)C3)c1. The van der Waals surface area contributed by atoms with Gasteiger partial charge in [-0.05, 0) is 112 Å². The van der Waals surface area contributed by atoms with E-state index in [-0.39, 0.29) is 11.5 Å². The van der Waals surface area contributed by atoms with Gasteiger partial charge < -0.3 is 20.5 Å². The Labute approximate surface area is 224 Å². The van der Waals surface area contributed by atoms with Crippen molar-refractivity contribution >= 4 is 17.6 Å². The Morgan fingerprint density at radius 3 is 2.37 bits per heavy atom. The van der Waals surface area contributed by atoms with E-state index in [0.717, 1.165) is 55.0 Å². The van der Waals surface area contributed by atoms with Crippen LogP contribution in [0.25, 0.3) is 0 Å². The molecule has 1 atom stereocenters. The quantitative estimate of drug-likeness (QED) is 0.334. The molecule has 4 bridgehead atoms. The van der Waals surface area contributed by atoms with Crippen LogP contribution in [0.4, 0.5) is 5.69 Å². The fourth-order valence-corrected chi connectivity index (χ4v) is 8.57. The van der Waals surface area contributed by atoms with Gasteiger partial charge in [0.15, 0.2) is 5.60 Å². The molecule has 0 spiro atoms.